The predicted octanol–water partition coefficient (Wildman–Crippen LogP) is 4.05. The zero-order valence-electron chi connectivity index (χ0n) is 16.9. The largest absolute Gasteiger partial charge is 0.348 e. The molecule has 2 heterocycles. The maximum atomic E-state index is 13.8. The molecule has 3 aromatic rings. The van der Waals surface area contributed by atoms with E-state index in [1.54, 1.807) is 36.7 Å². The molecule has 0 saturated heterocycles. The third-order valence-corrected chi connectivity index (χ3v) is 5.41. The lowest BCUT2D eigenvalue weighted by Gasteiger charge is -2.27. The predicted molar refractivity (Wildman–Crippen MR) is 119 cm³/mol. The Hall–Kier alpha value is -3.84. The number of aromatic nitrogens is 1. The molecule has 0 unspecified atom stereocenters. The molecule has 0 saturated carbocycles. The maximum Gasteiger partial charge on any atom is 0.262 e. The number of hydrogen-bond donors (Lipinski definition) is 1. The van der Waals surface area contributed by atoms with Crippen molar-refractivity contribution < 1.29 is 18.8 Å². The van der Waals surface area contributed by atoms with Gasteiger partial charge in [0.05, 0.1) is 16.3 Å². The fourth-order valence-electron chi connectivity index (χ4n) is 3.37. The molecule has 4 rings (SSSR count). The SMILES string of the molecule is CN1C(=O)/C(=C\c2ccc(Cl)c(F)c2)C(=O)c2cc(C(=O)NCc3ccncc3)ccc21. The van der Waals surface area contributed by atoms with Crippen molar-refractivity contribution in [1.29, 1.82) is 0 Å². The van der Waals surface area contributed by atoms with E-state index >= 15 is 0 Å². The quantitative estimate of drug-likeness (QED) is 0.481. The van der Waals surface area contributed by atoms with E-state index in [1.807, 2.05) is 0 Å². The topological polar surface area (TPSA) is 79.4 Å². The Morgan fingerprint density at radius 2 is 1.88 bits per heavy atom. The van der Waals surface area contributed by atoms with Crippen molar-refractivity contribution in [3.63, 3.8) is 0 Å². The lowest BCUT2D eigenvalue weighted by Crippen LogP contribution is -2.37. The number of fused-ring (bicyclic) bond motifs is 1. The van der Waals surface area contributed by atoms with Crippen LogP contribution in [-0.2, 0) is 11.3 Å². The molecule has 1 N–H and O–H groups in total. The Morgan fingerprint density at radius 1 is 1.12 bits per heavy atom. The van der Waals surface area contributed by atoms with E-state index in [1.165, 1.54) is 36.2 Å². The first-order valence-electron chi connectivity index (χ1n) is 9.66. The van der Waals surface area contributed by atoms with Gasteiger partial charge < -0.3 is 10.2 Å². The average Bonchev–Trinajstić information content (AvgIpc) is 2.81. The Balaban J connectivity index is 1.64. The van der Waals surface area contributed by atoms with Crippen LogP contribution in [0.4, 0.5) is 10.1 Å². The number of ketones is 1. The van der Waals surface area contributed by atoms with Gasteiger partial charge >= 0.3 is 0 Å². The first-order valence-corrected chi connectivity index (χ1v) is 10.0. The molecule has 0 fully saturated rings. The smallest absolute Gasteiger partial charge is 0.262 e. The maximum absolute atomic E-state index is 13.8. The molecular formula is C24H17ClFN3O3. The molecule has 0 atom stereocenters. The van der Waals surface area contributed by atoms with Gasteiger partial charge in [0.25, 0.3) is 11.8 Å². The number of carbonyl (C=O) groups excluding carboxylic acids is 3. The third-order valence-electron chi connectivity index (χ3n) is 5.10. The van der Waals surface area contributed by atoms with Gasteiger partial charge in [-0.05, 0) is 59.7 Å². The van der Waals surface area contributed by atoms with Crippen LogP contribution < -0.4 is 10.2 Å². The number of hydrogen-bond acceptors (Lipinski definition) is 4. The van der Waals surface area contributed by atoms with Gasteiger partial charge in [-0.3, -0.25) is 19.4 Å². The molecule has 0 aliphatic carbocycles. The summed E-state index contributed by atoms with van der Waals surface area (Å²) in [6.07, 6.45) is 4.58. The third kappa shape index (κ3) is 4.15. The number of amides is 2. The van der Waals surface area contributed by atoms with E-state index in [4.69, 9.17) is 11.6 Å². The van der Waals surface area contributed by atoms with Crippen LogP contribution in [0, 0.1) is 5.82 Å². The minimum atomic E-state index is -0.654. The van der Waals surface area contributed by atoms with E-state index in [-0.39, 0.29) is 27.6 Å². The van der Waals surface area contributed by atoms with Crippen LogP contribution in [0.2, 0.25) is 5.02 Å². The summed E-state index contributed by atoms with van der Waals surface area (Å²) in [5, 5.41) is 2.73. The highest BCUT2D eigenvalue weighted by Crippen LogP contribution is 2.31. The molecule has 32 heavy (non-hydrogen) atoms. The van der Waals surface area contributed by atoms with Crippen molar-refractivity contribution in [2.45, 2.75) is 6.54 Å². The van der Waals surface area contributed by atoms with Gasteiger partial charge in [0, 0.05) is 37.1 Å². The highest BCUT2D eigenvalue weighted by atomic mass is 35.5. The number of halogens is 2. The lowest BCUT2D eigenvalue weighted by atomic mass is 9.92. The molecular weight excluding hydrogens is 433 g/mol. The summed E-state index contributed by atoms with van der Waals surface area (Å²) in [6, 6.07) is 12.2. The number of likely N-dealkylation sites (N-methyl/N-ethyl adjacent to an activating group) is 1. The number of carbonyl (C=O) groups is 3. The molecule has 0 bridgehead atoms. The van der Waals surface area contributed by atoms with E-state index in [0.717, 1.165) is 11.6 Å². The number of nitrogens with zero attached hydrogens (tertiary/aromatic N) is 2. The van der Waals surface area contributed by atoms with Crippen LogP contribution in [0.1, 0.15) is 31.8 Å². The van der Waals surface area contributed by atoms with Crippen molar-refractivity contribution in [2.24, 2.45) is 0 Å². The summed E-state index contributed by atoms with van der Waals surface area (Å²) in [4.78, 5) is 43.7. The average molecular weight is 450 g/mol. The van der Waals surface area contributed by atoms with Crippen molar-refractivity contribution in [1.82, 2.24) is 10.3 Å². The highest BCUT2D eigenvalue weighted by molar-refractivity contribution is 6.36. The second-order valence-electron chi connectivity index (χ2n) is 7.19. The number of rotatable bonds is 4. The highest BCUT2D eigenvalue weighted by Gasteiger charge is 2.33. The van der Waals surface area contributed by atoms with Crippen molar-refractivity contribution >= 4 is 41.0 Å². The van der Waals surface area contributed by atoms with Crippen LogP contribution >= 0.6 is 11.6 Å². The molecule has 1 aromatic heterocycles. The number of anilines is 1. The fraction of sp³-hybridized carbons (Fsp3) is 0.0833. The molecule has 0 radical (unpaired) electrons. The van der Waals surface area contributed by atoms with Crippen LogP contribution in [0.15, 0.2) is 66.5 Å². The monoisotopic (exact) mass is 449 g/mol. The van der Waals surface area contributed by atoms with Crippen LogP contribution in [0.3, 0.4) is 0 Å². The van der Waals surface area contributed by atoms with Crippen molar-refractivity contribution in [2.75, 3.05) is 11.9 Å². The standard InChI is InChI=1S/C24H17ClFN3O3/c1-29-21-5-3-16(23(31)28-13-14-6-8-27-9-7-14)12-17(21)22(30)18(24(29)32)10-15-2-4-19(25)20(26)11-15/h2-12H,13H2,1H3,(H,28,31)/b18-10-. The summed E-state index contributed by atoms with van der Waals surface area (Å²) in [5.41, 5.74) is 1.97. The van der Waals surface area contributed by atoms with Gasteiger partial charge in [0.15, 0.2) is 0 Å². The summed E-state index contributed by atoms with van der Waals surface area (Å²) in [6.45, 7) is 0.304. The van der Waals surface area contributed by atoms with Gasteiger partial charge in [-0.25, -0.2) is 4.39 Å². The van der Waals surface area contributed by atoms with Gasteiger partial charge in [0.2, 0.25) is 5.78 Å². The zero-order chi connectivity index (χ0) is 22.8. The van der Waals surface area contributed by atoms with E-state index in [0.29, 0.717) is 17.8 Å². The summed E-state index contributed by atoms with van der Waals surface area (Å²) >= 11 is 5.70. The minimum Gasteiger partial charge on any atom is -0.348 e. The van der Waals surface area contributed by atoms with E-state index < -0.39 is 17.5 Å². The number of nitrogens with one attached hydrogen (secondary N) is 1. The van der Waals surface area contributed by atoms with Crippen LogP contribution in [-0.4, -0.2) is 29.6 Å². The Labute approximate surface area is 188 Å². The molecule has 1 aliphatic rings. The van der Waals surface area contributed by atoms with E-state index in [2.05, 4.69) is 10.3 Å². The lowest BCUT2D eigenvalue weighted by molar-refractivity contribution is -0.114. The molecule has 6 nitrogen and oxygen atoms in total. The Kier molecular flexibility index (Phi) is 5.83. The molecule has 8 heteroatoms. The van der Waals surface area contributed by atoms with Gasteiger partial charge in [-0.2, -0.15) is 0 Å². The van der Waals surface area contributed by atoms with Gasteiger partial charge in [0.1, 0.15) is 5.82 Å². The molecule has 1 aliphatic heterocycles. The van der Waals surface area contributed by atoms with Crippen LogP contribution in [0.25, 0.3) is 6.08 Å². The minimum absolute atomic E-state index is 0.0571. The Morgan fingerprint density at radius 3 is 2.59 bits per heavy atom. The van der Waals surface area contributed by atoms with Crippen molar-refractivity contribution in [3.8, 4) is 0 Å². The zero-order valence-corrected chi connectivity index (χ0v) is 17.7. The summed E-state index contributed by atoms with van der Waals surface area (Å²) < 4.78 is 13.8. The van der Waals surface area contributed by atoms with Crippen LogP contribution in [0.5, 0.6) is 0 Å². The molecule has 160 valence electrons. The first kappa shape index (κ1) is 21.4. The summed E-state index contributed by atoms with van der Waals surface area (Å²) in [7, 11) is 1.53. The second kappa shape index (κ2) is 8.72. The van der Waals surface area contributed by atoms with E-state index in [9.17, 15) is 18.8 Å². The normalized spacial score (nSPS) is 14.5. The Bertz CT molecular complexity index is 1270. The molecule has 0 spiro atoms. The molecule has 2 amide bonds. The first-order chi connectivity index (χ1) is 15.3. The fourth-order valence-corrected chi connectivity index (χ4v) is 3.48. The number of Topliss-reactive ketones (excluding diaryl/α,β-unsaturated/α-hetero) is 1. The summed E-state index contributed by atoms with van der Waals surface area (Å²) in [5.74, 6) is -2.07. The number of benzene rings is 2. The number of pyridine rings is 1. The molecule has 2 aromatic carbocycles. The second-order valence-corrected chi connectivity index (χ2v) is 7.60. The van der Waals surface area contributed by atoms with Gasteiger partial charge in [-0.15, -0.1) is 0 Å². The van der Waals surface area contributed by atoms with Gasteiger partial charge in [-0.1, -0.05) is 17.7 Å². The van der Waals surface area contributed by atoms with Crippen molar-refractivity contribution in [3.05, 3.63) is 99.6 Å².